The second-order valence-electron chi connectivity index (χ2n) is 0.991. The molecular weight excluding hydrogens is 256 g/mol. The number of carbonyl (C=O) groups excluding carboxylic acids is 1. The molecule has 0 aliphatic heterocycles. The van der Waals surface area contributed by atoms with E-state index in [4.69, 9.17) is 5.11 Å². The second-order valence-corrected chi connectivity index (χ2v) is 0.991. The predicted octanol–water partition coefficient (Wildman–Crippen LogP) is -1.62. The molecular formula is C4H3NdO4+2. The molecule has 45 valence electrons. The Morgan fingerprint density at radius 1 is 1.33 bits per heavy atom. The van der Waals surface area contributed by atoms with Crippen LogP contribution in [0.1, 0.15) is 0 Å². The average Bonchev–Trinajstić information content (AvgIpc) is 1.61. The Labute approximate surface area is 84.1 Å². The number of rotatable bonds is 2. The summed E-state index contributed by atoms with van der Waals surface area (Å²) in [6.07, 6.45) is 0.942. The minimum absolute atomic E-state index is 0. The van der Waals surface area contributed by atoms with E-state index in [1.807, 2.05) is 0 Å². The number of aliphatic carboxylic acids is 2. The van der Waals surface area contributed by atoms with Gasteiger partial charge in [-0.25, -0.2) is 4.79 Å². The molecule has 0 fully saturated rings. The van der Waals surface area contributed by atoms with Gasteiger partial charge >= 0.3 is 46.8 Å². The maximum absolute atomic E-state index is 9.53. The van der Waals surface area contributed by atoms with Crippen molar-refractivity contribution in [3.05, 3.63) is 12.2 Å². The Kier molecular flexibility index (Phi) is 8.06. The fraction of sp³-hybridized carbons (Fsp3) is 0. The van der Waals surface area contributed by atoms with Crippen molar-refractivity contribution in [3.8, 4) is 0 Å². The molecule has 0 aromatic rings. The largest absolute Gasteiger partial charge is 3.00 e. The molecule has 5 heteroatoms. The smallest absolute Gasteiger partial charge is 0.545 e. The maximum atomic E-state index is 9.53. The SMILES string of the molecule is O=C([O-])/C=C\C(=O)O.[Nd+3]. The Bertz CT molecular complexity index is 124. The Hall–Kier alpha value is 0.0306. The summed E-state index contributed by atoms with van der Waals surface area (Å²) in [4.78, 5) is 19.0. The normalized spacial score (nSPS) is 8.44. The zero-order valence-electron chi connectivity index (χ0n) is 4.33. The van der Waals surface area contributed by atoms with E-state index in [-0.39, 0.29) is 40.8 Å². The molecule has 0 aliphatic carbocycles. The molecule has 0 rings (SSSR count). The Balaban J connectivity index is 0. The van der Waals surface area contributed by atoms with Crippen molar-refractivity contribution in [1.82, 2.24) is 0 Å². The molecule has 0 bridgehead atoms. The number of carbonyl (C=O) groups is 2. The summed E-state index contributed by atoms with van der Waals surface area (Å²) in [6, 6.07) is 0. The van der Waals surface area contributed by atoms with Crippen LogP contribution in [0.2, 0.25) is 0 Å². The monoisotopic (exact) mass is 257 g/mol. The van der Waals surface area contributed by atoms with Crippen LogP contribution in [-0.2, 0) is 9.59 Å². The van der Waals surface area contributed by atoms with Gasteiger partial charge in [-0.15, -0.1) is 0 Å². The van der Waals surface area contributed by atoms with E-state index >= 15 is 0 Å². The van der Waals surface area contributed by atoms with Crippen molar-refractivity contribution in [3.63, 3.8) is 0 Å². The first kappa shape index (κ1) is 11.8. The first-order chi connectivity index (χ1) is 3.63. The van der Waals surface area contributed by atoms with E-state index in [1.165, 1.54) is 0 Å². The van der Waals surface area contributed by atoms with Gasteiger partial charge in [0.2, 0.25) is 0 Å². The van der Waals surface area contributed by atoms with Crippen molar-refractivity contribution in [2.45, 2.75) is 0 Å². The van der Waals surface area contributed by atoms with E-state index in [0.29, 0.717) is 12.2 Å². The van der Waals surface area contributed by atoms with Crippen molar-refractivity contribution < 1.29 is 60.6 Å². The second kappa shape index (κ2) is 6.16. The van der Waals surface area contributed by atoms with E-state index < -0.39 is 11.9 Å². The van der Waals surface area contributed by atoms with Crippen LogP contribution in [0.3, 0.4) is 0 Å². The van der Waals surface area contributed by atoms with Crippen LogP contribution >= 0.6 is 0 Å². The molecule has 0 atom stereocenters. The van der Waals surface area contributed by atoms with E-state index in [2.05, 4.69) is 0 Å². The molecule has 0 saturated carbocycles. The van der Waals surface area contributed by atoms with Gasteiger partial charge in [-0.1, -0.05) is 0 Å². The van der Waals surface area contributed by atoms with Crippen LogP contribution < -0.4 is 5.11 Å². The molecule has 9 heavy (non-hydrogen) atoms. The Morgan fingerprint density at radius 2 is 1.78 bits per heavy atom. The van der Waals surface area contributed by atoms with Gasteiger partial charge in [0, 0.05) is 6.08 Å². The molecule has 0 aromatic heterocycles. The molecule has 0 saturated heterocycles. The first-order valence-electron chi connectivity index (χ1n) is 1.75. The van der Waals surface area contributed by atoms with Gasteiger partial charge in [-0.3, -0.25) is 0 Å². The van der Waals surface area contributed by atoms with Gasteiger partial charge in [0.15, 0.2) is 0 Å². The number of hydrogen-bond acceptors (Lipinski definition) is 3. The van der Waals surface area contributed by atoms with Crippen LogP contribution in [0.5, 0.6) is 0 Å². The van der Waals surface area contributed by atoms with Gasteiger partial charge in [0.05, 0.1) is 5.97 Å². The zero-order chi connectivity index (χ0) is 6.57. The molecule has 1 N–H and O–H groups in total. The minimum atomic E-state index is -1.51. The zero-order valence-corrected chi connectivity index (χ0v) is 7.53. The fourth-order valence-electron chi connectivity index (χ4n) is 0.139. The summed E-state index contributed by atoms with van der Waals surface area (Å²) in [6.45, 7) is 0. The molecule has 1 radical (unpaired) electrons. The van der Waals surface area contributed by atoms with Gasteiger partial charge in [-0.2, -0.15) is 0 Å². The van der Waals surface area contributed by atoms with Crippen molar-refractivity contribution >= 4 is 11.9 Å². The topological polar surface area (TPSA) is 77.4 Å². The first-order valence-corrected chi connectivity index (χ1v) is 1.75. The molecule has 4 nitrogen and oxygen atoms in total. The van der Waals surface area contributed by atoms with Crippen molar-refractivity contribution in [2.24, 2.45) is 0 Å². The molecule has 0 spiro atoms. The third-order valence-corrected chi connectivity index (χ3v) is 0.362. The molecule has 0 aromatic carbocycles. The number of hydrogen-bond donors (Lipinski definition) is 1. The van der Waals surface area contributed by atoms with E-state index in [1.54, 1.807) is 0 Å². The summed E-state index contributed by atoms with van der Waals surface area (Å²) in [5.74, 6) is -2.80. The van der Waals surface area contributed by atoms with E-state index in [9.17, 15) is 14.7 Å². The maximum Gasteiger partial charge on any atom is 3.00 e. The summed E-state index contributed by atoms with van der Waals surface area (Å²) in [5.41, 5.74) is 0. The molecule has 0 amide bonds. The molecule has 0 unspecified atom stereocenters. The number of carboxylic acid groups (broad SMARTS) is 2. The minimum Gasteiger partial charge on any atom is -0.545 e. The third kappa shape index (κ3) is 11.5. The predicted molar refractivity (Wildman–Crippen MR) is 21.8 cm³/mol. The van der Waals surface area contributed by atoms with Crippen LogP contribution in [0.25, 0.3) is 0 Å². The Morgan fingerprint density at radius 3 is 1.89 bits per heavy atom. The summed E-state index contributed by atoms with van der Waals surface area (Å²) < 4.78 is 0. The van der Waals surface area contributed by atoms with Crippen LogP contribution in [0.15, 0.2) is 12.2 Å². The van der Waals surface area contributed by atoms with Gasteiger partial charge in [0.1, 0.15) is 0 Å². The van der Waals surface area contributed by atoms with Gasteiger partial charge in [-0.05, 0) is 6.08 Å². The van der Waals surface area contributed by atoms with Crippen molar-refractivity contribution in [1.29, 1.82) is 0 Å². The summed E-state index contributed by atoms with van der Waals surface area (Å²) in [7, 11) is 0. The summed E-state index contributed by atoms with van der Waals surface area (Å²) >= 11 is 0. The third-order valence-electron chi connectivity index (χ3n) is 0.362. The quantitative estimate of drug-likeness (QED) is 0.604. The fourth-order valence-corrected chi connectivity index (χ4v) is 0.139. The number of carboxylic acids is 2. The average molecular weight is 259 g/mol. The molecule has 0 heterocycles. The van der Waals surface area contributed by atoms with Crippen LogP contribution in [-0.4, -0.2) is 17.0 Å². The standard InChI is InChI=1S/C4H4O4.Nd/c5-3(6)1-2-4(7)8;/h1-2H,(H,5,6)(H,7,8);/q;+3/p-1/b2-1-;. The summed E-state index contributed by atoms with van der Waals surface area (Å²) in [5, 5.41) is 17.2. The van der Waals surface area contributed by atoms with Crippen molar-refractivity contribution in [2.75, 3.05) is 0 Å². The van der Waals surface area contributed by atoms with Gasteiger partial charge < -0.3 is 15.0 Å². The van der Waals surface area contributed by atoms with Crippen LogP contribution in [0, 0.1) is 40.8 Å². The van der Waals surface area contributed by atoms with E-state index in [0.717, 1.165) is 0 Å². The van der Waals surface area contributed by atoms with Crippen LogP contribution in [0.4, 0.5) is 0 Å². The van der Waals surface area contributed by atoms with Gasteiger partial charge in [0.25, 0.3) is 0 Å². The molecule has 0 aliphatic rings.